The largest absolute Gasteiger partial charge is 0.0876 e. The zero-order valence-corrected chi connectivity index (χ0v) is 9.00. The first-order chi connectivity index (χ1) is 4.75. The van der Waals surface area contributed by atoms with E-state index in [4.69, 9.17) is 11.6 Å². The fourth-order valence-corrected chi connectivity index (χ4v) is 2.09. The highest BCUT2D eigenvalue weighted by Crippen LogP contribution is 2.27. The van der Waals surface area contributed by atoms with Crippen LogP contribution < -0.4 is 0 Å². The molecule has 0 heterocycles. The molecule has 0 atom stereocenters. The van der Waals surface area contributed by atoms with Crippen molar-refractivity contribution in [2.75, 3.05) is 0 Å². The van der Waals surface area contributed by atoms with E-state index in [-0.39, 0.29) is 0 Å². The summed E-state index contributed by atoms with van der Waals surface area (Å²) >= 11 is 12.6. The van der Waals surface area contributed by atoms with Crippen molar-refractivity contribution < 1.29 is 0 Å². The summed E-state index contributed by atoms with van der Waals surface area (Å²) in [5.74, 6) is 0. The van der Waals surface area contributed by atoms with E-state index in [1.807, 2.05) is 18.2 Å². The van der Waals surface area contributed by atoms with Crippen molar-refractivity contribution in [3.05, 3.63) is 33.3 Å². The van der Waals surface area contributed by atoms with Gasteiger partial charge in [-0.1, -0.05) is 39.7 Å². The Kier molecular flexibility index (Phi) is 3.21. The number of halogens is 3. The van der Waals surface area contributed by atoms with Gasteiger partial charge in [-0.15, -0.1) is 0 Å². The van der Waals surface area contributed by atoms with Crippen LogP contribution in [0.1, 0.15) is 5.56 Å². The summed E-state index contributed by atoms with van der Waals surface area (Å²) in [5, 5.41) is 1.59. The van der Waals surface area contributed by atoms with Gasteiger partial charge in [-0.3, -0.25) is 0 Å². The van der Waals surface area contributed by atoms with Crippen LogP contribution >= 0.6 is 43.5 Å². The van der Waals surface area contributed by atoms with Gasteiger partial charge in [0, 0.05) is 9.80 Å². The van der Waals surface area contributed by atoms with E-state index in [0.717, 1.165) is 14.8 Å². The van der Waals surface area contributed by atoms with Crippen molar-refractivity contribution >= 4 is 43.5 Å². The highest BCUT2D eigenvalue weighted by atomic mass is 79.9. The topological polar surface area (TPSA) is 0 Å². The van der Waals surface area contributed by atoms with Gasteiger partial charge in [0.2, 0.25) is 0 Å². The molecule has 0 nitrogen and oxygen atoms in total. The molecule has 0 saturated heterocycles. The molecule has 0 N–H and O–H groups in total. The monoisotopic (exact) mass is 282 g/mol. The predicted molar refractivity (Wildman–Crippen MR) is 51.8 cm³/mol. The summed E-state index contributed by atoms with van der Waals surface area (Å²) in [7, 11) is 0. The van der Waals surface area contributed by atoms with Gasteiger partial charge in [-0.2, -0.15) is 0 Å². The molecule has 54 valence electrons. The van der Waals surface area contributed by atoms with Gasteiger partial charge in [0.1, 0.15) is 0 Å². The molecule has 0 amide bonds. The molecule has 1 aromatic rings. The minimum atomic E-state index is 0.761. The van der Waals surface area contributed by atoms with E-state index < -0.39 is 0 Å². The van der Waals surface area contributed by atoms with Gasteiger partial charge in [-0.25, -0.2) is 0 Å². The lowest BCUT2D eigenvalue weighted by Gasteiger charge is -1.99. The third-order valence-electron chi connectivity index (χ3n) is 1.18. The molecule has 0 aliphatic rings. The molecule has 1 aromatic carbocycles. The Hall–Kier alpha value is 0.470. The van der Waals surface area contributed by atoms with Gasteiger partial charge in [0.05, 0.1) is 5.02 Å². The molecular formula is C7H5Br2Cl. The van der Waals surface area contributed by atoms with Crippen molar-refractivity contribution in [2.45, 2.75) is 5.33 Å². The lowest BCUT2D eigenvalue weighted by atomic mass is 10.2. The SMILES string of the molecule is Clc1cccc(CBr)c1Br. The molecule has 1 rings (SSSR count). The minimum absolute atomic E-state index is 0.761. The summed E-state index contributed by atoms with van der Waals surface area (Å²) in [4.78, 5) is 0. The van der Waals surface area contributed by atoms with Crippen molar-refractivity contribution in [2.24, 2.45) is 0 Å². The third-order valence-corrected chi connectivity index (χ3v) is 3.26. The van der Waals surface area contributed by atoms with Crippen LogP contribution in [0.15, 0.2) is 22.7 Å². The first kappa shape index (κ1) is 8.57. The molecule has 0 radical (unpaired) electrons. The maximum absolute atomic E-state index is 5.82. The average Bonchev–Trinajstić information content (AvgIpc) is 1.95. The van der Waals surface area contributed by atoms with Gasteiger partial charge >= 0.3 is 0 Å². The lowest BCUT2D eigenvalue weighted by molar-refractivity contribution is 1.40. The molecule has 3 heteroatoms. The second kappa shape index (κ2) is 3.74. The Morgan fingerprint density at radius 2 is 2.10 bits per heavy atom. The van der Waals surface area contributed by atoms with Crippen molar-refractivity contribution in [1.29, 1.82) is 0 Å². The maximum Gasteiger partial charge on any atom is 0.0551 e. The van der Waals surface area contributed by atoms with Crippen molar-refractivity contribution in [3.8, 4) is 0 Å². The highest BCUT2D eigenvalue weighted by Gasteiger charge is 2.00. The Morgan fingerprint density at radius 1 is 1.40 bits per heavy atom. The summed E-state index contributed by atoms with van der Waals surface area (Å²) in [5.41, 5.74) is 1.17. The number of hydrogen-bond acceptors (Lipinski definition) is 0. The van der Waals surface area contributed by atoms with Crippen LogP contribution in [0.3, 0.4) is 0 Å². The fourth-order valence-electron chi connectivity index (χ4n) is 0.652. The fraction of sp³-hybridized carbons (Fsp3) is 0.143. The van der Waals surface area contributed by atoms with Crippen LogP contribution in [0.25, 0.3) is 0 Å². The second-order valence-corrected chi connectivity index (χ2v) is 3.61. The van der Waals surface area contributed by atoms with Crippen LogP contribution in [-0.4, -0.2) is 0 Å². The predicted octanol–water partition coefficient (Wildman–Crippen LogP) is 4.00. The Balaban J connectivity index is 3.14. The van der Waals surface area contributed by atoms with Gasteiger partial charge < -0.3 is 0 Å². The molecule has 0 aromatic heterocycles. The van der Waals surface area contributed by atoms with Crippen LogP contribution in [0.2, 0.25) is 5.02 Å². The molecule has 0 spiro atoms. The van der Waals surface area contributed by atoms with E-state index in [1.165, 1.54) is 5.56 Å². The normalized spacial score (nSPS) is 9.90. The molecule has 0 unspecified atom stereocenters. The van der Waals surface area contributed by atoms with Crippen molar-refractivity contribution in [1.82, 2.24) is 0 Å². The zero-order chi connectivity index (χ0) is 7.56. The van der Waals surface area contributed by atoms with Gasteiger partial charge in [-0.05, 0) is 27.6 Å². The standard InChI is InChI=1S/C7H5Br2Cl/c8-4-5-2-1-3-6(10)7(5)9/h1-3H,4H2. The summed E-state index contributed by atoms with van der Waals surface area (Å²) in [6, 6.07) is 5.81. The molecule has 0 aliphatic carbocycles. The van der Waals surface area contributed by atoms with E-state index >= 15 is 0 Å². The summed E-state index contributed by atoms with van der Waals surface area (Å²) in [6.07, 6.45) is 0. The second-order valence-electron chi connectivity index (χ2n) is 1.85. The summed E-state index contributed by atoms with van der Waals surface area (Å²) < 4.78 is 0.980. The molecule has 10 heavy (non-hydrogen) atoms. The number of alkyl halides is 1. The maximum atomic E-state index is 5.82. The average molecular weight is 284 g/mol. The number of hydrogen-bond donors (Lipinski definition) is 0. The van der Waals surface area contributed by atoms with E-state index in [2.05, 4.69) is 31.9 Å². The van der Waals surface area contributed by atoms with Gasteiger partial charge in [0.25, 0.3) is 0 Å². The Bertz CT molecular complexity index is 235. The Morgan fingerprint density at radius 3 is 2.60 bits per heavy atom. The van der Waals surface area contributed by atoms with E-state index in [9.17, 15) is 0 Å². The van der Waals surface area contributed by atoms with E-state index in [0.29, 0.717) is 0 Å². The smallest absolute Gasteiger partial charge is 0.0551 e. The van der Waals surface area contributed by atoms with Crippen LogP contribution in [-0.2, 0) is 5.33 Å². The first-order valence-corrected chi connectivity index (χ1v) is 5.04. The number of rotatable bonds is 1. The van der Waals surface area contributed by atoms with Gasteiger partial charge in [0.15, 0.2) is 0 Å². The van der Waals surface area contributed by atoms with Crippen LogP contribution in [0, 0.1) is 0 Å². The molecule has 0 bridgehead atoms. The molecular weight excluding hydrogens is 279 g/mol. The van der Waals surface area contributed by atoms with E-state index in [1.54, 1.807) is 0 Å². The van der Waals surface area contributed by atoms with Crippen molar-refractivity contribution in [3.63, 3.8) is 0 Å². The highest BCUT2D eigenvalue weighted by molar-refractivity contribution is 9.10. The zero-order valence-electron chi connectivity index (χ0n) is 5.07. The first-order valence-electron chi connectivity index (χ1n) is 2.74. The number of benzene rings is 1. The van der Waals surface area contributed by atoms with Crippen LogP contribution in [0.5, 0.6) is 0 Å². The molecule has 0 aliphatic heterocycles. The van der Waals surface area contributed by atoms with Crippen LogP contribution in [0.4, 0.5) is 0 Å². The molecule has 0 saturated carbocycles. The third kappa shape index (κ3) is 1.74. The lowest BCUT2D eigenvalue weighted by Crippen LogP contribution is -1.79. The quantitative estimate of drug-likeness (QED) is 0.684. The minimum Gasteiger partial charge on any atom is -0.0876 e. The Labute approximate surface area is 81.8 Å². The summed E-state index contributed by atoms with van der Waals surface area (Å²) in [6.45, 7) is 0. The molecule has 0 fully saturated rings.